The molecule has 0 aliphatic carbocycles. The van der Waals surface area contributed by atoms with Crippen molar-refractivity contribution in [1.82, 2.24) is 15.5 Å². The van der Waals surface area contributed by atoms with Gasteiger partial charge in [0.25, 0.3) is 5.91 Å². The van der Waals surface area contributed by atoms with Crippen LogP contribution in [0.5, 0.6) is 5.75 Å². The average molecular weight is 332 g/mol. The normalized spacial score (nSPS) is 19.3. The van der Waals surface area contributed by atoms with Gasteiger partial charge >= 0.3 is 6.03 Å². The lowest BCUT2D eigenvalue weighted by Gasteiger charge is -2.30. The first-order valence-electron chi connectivity index (χ1n) is 7.83. The number of carbonyl (C=O) groups excluding carboxylic acids is 3. The summed E-state index contributed by atoms with van der Waals surface area (Å²) >= 11 is 0. The Bertz CT molecular complexity index is 653. The fraction of sp³-hybridized carbons (Fsp3) is 0.438. The first-order valence-corrected chi connectivity index (χ1v) is 7.83. The molecule has 2 saturated heterocycles. The van der Waals surface area contributed by atoms with Crippen molar-refractivity contribution in [1.29, 1.82) is 0 Å². The third kappa shape index (κ3) is 3.05. The van der Waals surface area contributed by atoms with Crippen molar-refractivity contribution in [3.05, 3.63) is 24.3 Å². The predicted octanol–water partition coefficient (Wildman–Crippen LogP) is 0.308. The Balaban J connectivity index is 1.63. The van der Waals surface area contributed by atoms with Gasteiger partial charge in [-0.05, 0) is 50.2 Å². The summed E-state index contributed by atoms with van der Waals surface area (Å²) in [4.78, 5) is 37.8. The predicted molar refractivity (Wildman–Crippen MR) is 86.7 cm³/mol. The number of imide groups is 1. The molecule has 3 rings (SSSR count). The highest BCUT2D eigenvalue weighted by Crippen LogP contribution is 2.26. The number of hydrogen-bond donors (Lipinski definition) is 3. The molecule has 0 aromatic heterocycles. The summed E-state index contributed by atoms with van der Waals surface area (Å²) in [6, 6.07) is 6.31. The number of methoxy groups -OCH3 is 1. The van der Waals surface area contributed by atoms with Crippen LogP contribution in [-0.4, -0.2) is 55.0 Å². The maximum atomic E-state index is 12.6. The van der Waals surface area contributed by atoms with E-state index >= 15 is 0 Å². The van der Waals surface area contributed by atoms with E-state index < -0.39 is 17.5 Å². The number of rotatable bonds is 4. The van der Waals surface area contributed by atoms with Crippen LogP contribution in [0.3, 0.4) is 0 Å². The van der Waals surface area contributed by atoms with E-state index in [0.29, 0.717) is 37.4 Å². The van der Waals surface area contributed by atoms with Crippen molar-refractivity contribution in [3.8, 4) is 5.75 Å². The van der Waals surface area contributed by atoms with E-state index in [9.17, 15) is 14.4 Å². The van der Waals surface area contributed by atoms with Crippen molar-refractivity contribution < 1.29 is 19.1 Å². The van der Waals surface area contributed by atoms with Crippen LogP contribution in [0, 0.1) is 0 Å². The fourth-order valence-corrected chi connectivity index (χ4v) is 3.03. The summed E-state index contributed by atoms with van der Waals surface area (Å²) in [5.41, 5.74) is -0.285. The number of benzene rings is 1. The maximum Gasteiger partial charge on any atom is 0.325 e. The van der Waals surface area contributed by atoms with Gasteiger partial charge in [0.2, 0.25) is 5.91 Å². The zero-order valence-corrected chi connectivity index (χ0v) is 13.4. The van der Waals surface area contributed by atoms with E-state index in [0.717, 1.165) is 4.90 Å². The van der Waals surface area contributed by atoms with Crippen LogP contribution in [0.15, 0.2) is 24.3 Å². The van der Waals surface area contributed by atoms with Crippen molar-refractivity contribution in [2.24, 2.45) is 0 Å². The van der Waals surface area contributed by atoms with Gasteiger partial charge in [0.15, 0.2) is 0 Å². The second-order valence-electron chi connectivity index (χ2n) is 5.93. The Kier molecular flexibility index (Phi) is 4.39. The summed E-state index contributed by atoms with van der Waals surface area (Å²) in [6.07, 6.45) is 1.07. The molecule has 2 aliphatic heterocycles. The number of nitrogens with one attached hydrogen (secondary N) is 3. The SMILES string of the molecule is COc1ccc(NC(=O)CN2C(=O)NC3(CCNCC3)C2=O)cc1. The van der Waals surface area contributed by atoms with Crippen molar-refractivity contribution in [2.45, 2.75) is 18.4 Å². The van der Waals surface area contributed by atoms with E-state index in [2.05, 4.69) is 16.0 Å². The Morgan fingerprint density at radius 3 is 2.54 bits per heavy atom. The van der Waals surface area contributed by atoms with Crippen LogP contribution in [-0.2, 0) is 9.59 Å². The molecule has 128 valence electrons. The minimum atomic E-state index is -0.858. The lowest BCUT2D eigenvalue weighted by molar-refractivity contribution is -0.134. The number of urea groups is 1. The highest BCUT2D eigenvalue weighted by Gasteiger charge is 2.51. The number of nitrogens with zero attached hydrogens (tertiary/aromatic N) is 1. The van der Waals surface area contributed by atoms with Gasteiger partial charge in [0, 0.05) is 5.69 Å². The molecule has 2 heterocycles. The van der Waals surface area contributed by atoms with Crippen LogP contribution in [0.1, 0.15) is 12.8 Å². The van der Waals surface area contributed by atoms with Crippen LogP contribution in [0.2, 0.25) is 0 Å². The van der Waals surface area contributed by atoms with E-state index in [1.807, 2.05) is 0 Å². The monoisotopic (exact) mass is 332 g/mol. The van der Waals surface area contributed by atoms with Crippen LogP contribution in [0.4, 0.5) is 10.5 Å². The number of ether oxygens (including phenoxy) is 1. The Hall–Kier alpha value is -2.61. The molecule has 0 radical (unpaired) electrons. The summed E-state index contributed by atoms with van der Waals surface area (Å²) < 4.78 is 5.05. The number of piperidine rings is 1. The molecule has 1 aromatic carbocycles. The van der Waals surface area contributed by atoms with Gasteiger partial charge in [-0.3, -0.25) is 14.5 Å². The van der Waals surface area contributed by atoms with Gasteiger partial charge < -0.3 is 20.7 Å². The van der Waals surface area contributed by atoms with Gasteiger partial charge in [-0.25, -0.2) is 4.79 Å². The molecule has 2 fully saturated rings. The molecule has 2 aliphatic rings. The first-order chi connectivity index (χ1) is 11.5. The van der Waals surface area contributed by atoms with Crippen molar-refractivity contribution in [3.63, 3.8) is 0 Å². The Morgan fingerprint density at radius 1 is 1.25 bits per heavy atom. The highest BCUT2D eigenvalue weighted by atomic mass is 16.5. The second-order valence-corrected chi connectivity index (χ2v) is 5.93. The summed E-state index contributed by atoms with van der Waals surface area (Å²) in [7, 11) is 1.56. The molecule has 1 spiro atoms. The van der Waals surface area contributed by atoms with Gasteiger partial charge in [-0.1, -0.05) is 0 Å². The fourth-order valence-electron chi connectivity index (χ4n) is 3.03. The van der Waals surface area contributed by atoms with E-state index in [1.165, 1.54) is 0 Å². The van der Waals surface area contributed by atoms with Crippen LogP contribution < -0.4 is 20.7 Å². The lowest BCUT2D eigenvalue weighted by Crippen LogP contribution is -2.54. The van der Waals surface area contributed by atoms with E-state index in [4.69, 9.17) is 4.74 Å². The number of carbonyl (C=O) groups is 3. The quantitative estimate of drug-likeness (QED) is 0.689. The van der Waals surface area contributed by atoms with Crippen LogP contribution >= 0.6 is 0 Å². The zero-order chi connectivity index (χ0) is 17.2. The molecule has 0 unspecified atom stereocenters. The van der Waals surface area contributed by atoms with E-state index in [1.54, 1.807) is 31.4 Å². The minimum Gasteiger partial charge on any atom is -0.497 e. The second kappa shape index (κ2) is 6.48. The third-order valence-electron chi connectivity index (χ3n) is 4.38. The molecule has 8 heteroatoms. The molecule has 8 nitrogen and oxygen atoms in total. The highest BCUT2D eigenvalue weighted by molar-refractivity contribution is 6.10. The topological polar surface area (TPSA) is 99.8 Å². The standard InChI is InChI=1S/C16H20N4O4/c1-24-12-4-2-11(3-5-12)18-13(21)10-20-14(22)16(19-15(20)23)6-8-17-9-7-16/h2-5,17H,6-10H2,1H3,(H,18,21)(H,19,23). The summed E-state index contributed by atoms with van der Waals surface area (Å²) in [5, 5.41) is 8.58. The molecule has 0 atom stereocenters. The van der Waals surface area contributed by atoms with Crippen LogP contribution in [0.25, 0.3) is 0 Å². The van der Waals surface area contributed by atoms with Gasteiger partial charge in [-0.2, -0.15) is 0 Å². The minimum absolute atomic E-state index is 0.300. The van der Waals surface area contributed by atoms with E-state index in [-0.39, 0.29) is 12.5 Å². The molecular formula is C16H20N4O4. The molecule has 0 bridgehead atoms. The van der Waals surface area contributed by atoms with Crippen molar-refractivity contribution in [2.75, 3.05) is 32.1 Å². The smallest absolute Gasteiger partial charge is 0.325 e. The maximum absolute atomic E-state index is 12.6. The molecule has 24 heavy (non-hydrogen) atoms. The molecule has 3 N–H and O–H groups in total. The number of hydrogen-bond acceptors (Lipinski definition) is 5. The van der Waals surface area contributed by atoms with Gasteiger partial charge in [-0.15, -0.1) is 0 Å². The summed E-state index contributed by atoms with van der Waals surface area (Å²) in [6.45, 7) is 1.03. The molecule has 4 amide bonds. The Labute approximate surface area is 139 Å². The van der Waals surface area contributed by atoms with Gasteiger partial charge in [0.05, 0.1) is 7.11 Å². The zero-order valence-electron chi connectivity index (χ0n) is 13.4. The molecule has 1 aromatic rings. The van der Waals surface area contributed by atoms with Crippen molar-refractivity contribution >= 4 is 23.5 Å². The first kappa shape index (κ1) is 16.3. The summed E-state index contributed by atoms with van der Waals surface area (Å²) in [5.74, 6) is -0.0662. The molecular weight excluding hydrogens is 312 g/mol. The molecule has 0 saturated carbocycles. The number of amides is 4. The van der Waals surface area contributed by atoms with Gasteiger partial charge in [0.1, 0.15) is 17.8 Å². The average Bonchev–Trinajstić information content (AvgIpc) is 2.80. The lowest BCUT2D eigenvalue weighted by atomic mass is 9.88. The largest absolute Gasteiger partial charge is 0.497 e. The Morgan fingerprint density at radius 2 is 1.92 bits per heavy atom. The number of anilines is 1. The third-order valence-corrected chi connectivity index (χ3v) is 4.38.